The summed E-state index contributed by atoms with van der Waals surface area (Å²) in [7, 11) is 0. The van der Waals surface area contributed by atoms with Gasteiger partial charge in [0.05, 0.1) is 22.9 Å². The molecule has 4 heterocycles. The van der Waals surface area contributed by atoms with Crippen LogP contribution in [0.1, 0.15) is 18.1 Å². The van der Waals surface area contributed by atoms with Gasteiger partial charge in [0.25, 0.3) is 5.56 Å². The lowest BCUT2D eigenvalue weighted by molar-refractivity contribution is -0.0544. The lowest BCUT2D eigenvalue weighted by Gasteiger charge is -2.36. The third kappa shape index (κ3) is 4.80. The summed E-state index contributed by atoms with van der Waals surface area (Å²) in [4.78, 5) is 42.1. The highest BCUT2D eigenvalue weighted by Gasteiger charge is 2.18. The fraction of sp³-hybridized carbons (Fsp3) is 0.333. The summed E-state index contributed by atoms with van der Waals surface area (Å²) in [5.41, 5.74) is 4.22. The molecule has 1 amide bonds. The van der Waals surface area contributed by atoms with Crippen molar-refractivity contribution in [3.63, 3.8) is 0 Å². The third-order valence-corrected chi connectivity index (χ3v) is 5.40. The third-order valence-electron chi connectivity index (χ3n) is 5.40. The average molecular weight is 426 g/mol. The predicted octanol–water partition coefficient (Wildman–Crippen LogP) is 2.64. The molecule has 4 rings (SSSR count). The molecule has 0 bridgehead atoms. The zero-order valence-electron chi connectivity index (χ0n) is 17.1. The van der Waals surface area contributed by atoms with E-state index in [1.165, 1.54) is 0 Å². The molecule has 0 aliphatic carbocycles. The number of piperazine rings is 1. The van der Waals surface area contributed by atoms with Gasteiger partial charge < -0.3 is 9.88 Å². The molecule has 3 aromatic heterocycles. The van der Waals surface area contributed by atoms with Crippen molar-refractivity contribution in [2.45, 2.75) is 19.9 Å². The molecule has 0 spiro atoms. The summed E-state index contributed by atoms with van der Waals surface area (Å²) in [5, 5.41) is 2.18. The van der Waals surface area contributed by atoms with Crippen LogP contribution < -0.4 is 15.8 Å². The summed E-state index contributed by atoms with van der Waals surface area (Å²) in [6.45, 7) is 6.06. The van der Waals surface area contributed by atoms with Gasteiger partial charge in [-0.2, -0.15) is 0 Å². The number of anilines is 2. The maximum atomic E-state index is 12.1. The molecule has 1 saturated heterocycles. The quantitative estimate of drug-likeness (QED) is 0.646. The smallest absolute Gasteiger partial charge is 0.368 e. The molecule has 162 valence electrons. The fourth-order valence-corrected chi connectivity index (χ4v) is 3.71. The maximum absolute atomic E-state index is 12.1. The number of H-pyrrole nitrogens is 1. The van der Waals surface area contributed by atoms with Gasteiger partial charge in [0, 0.05) is 49.0 Å². The van der Waals surface area contributed by atoms with Crippen LogP contribution in [0.4, 0.5) is 20.8 Å². The number of carbonyl (C=O) groups is 1. The number of carbonyl (C=O) groups excluding carboxylic acids is 1. The number of hydrogen-bond donors (Lipinski definition) is 2. The molecule has 1 fully saturated rings. The van der Waals surface area contributed by atoms with E-state index in [0.29, 0.717) is 6.42 Å². The molecule has 31 heavy (non-hydrogen) atoms. The summed E-state index contributed by atoms with van der Waals surface area (Å²) in [6.07, 6.45) is 2.98. The molecule has 3 aromatic rings. The first kappa shape index (κ1) is 20.7. The zero-order valence-corrected chi connectivity index (χ0v) is 17.1. The number of aromatic nitrogens is 3. The molecule has 1 aliphatic rings. The molecule has 0 saturated carbocycles. The molecule has 0 unspecified atom stereocenters. The first-order valence-electron chi connectivity index (χ1n) is 10.1. The van der Waals surface area contributed by atoms with Gasteiger partial charge in [-0.3, -0.25) is 20.0 Å². The van der Waals surface area contributed by atoms with Crippen LogP contribution in [-0.2, 0) is 17.9 Å². The Bertz CT molecular complexity index is 1130. The Morgan fingerprint density at radius 1 is 1.19 bits per heavy atom. The molecule has 0 radical (unpaired) electrons. The van der Waals surface area contributed by atoms with Crippen LogP contribution in [0.5, 0.6) is 0 Å². The lowest BCUT2D eigenvalue weighted by atomic mass is 10.1. The lowest BCUT2D eigenvalue weighted by Crippen LogP contribution is -2.46. The highest BCUT2D eigenvalue weighted by atomic mass is 19.3. The van der Waals surface area contributed by atoms with Gasteiger partial charge in [0.1, 0.15) is 5.82 Å². The van der Waals surface area contributed by atoms with Gasteiger partial charge >= 0.3 is 6.09 Å². The number of aromatic amines is 1. The van der Waals surface area contributed by atoms with E-state index in [4.69, 9.17) is 0 Å². The van der Waals surface area contributed by atoms with E-state index in [9.17, 15) is 14.1 Å². The van der Waals surface area contributed by atoms with Gasteiger partial charge in [-0.15, -0.1) is 0 Å². The first-order valence-corrected chi connectivity index (χ1v) is 10.1. The highest BCUT2D eigenvalue weighted by molar-refractivity contribution is 5.82. The van der Waals surface area contributed by atoms with Gasteiger partial charge in [0.15, 0.2) is 0 Å². The van der Waals surface area contributed by atoms with E-state index in [0.717, 1.165) is 60.6 Å². The topological polar surface area (TPSA) is 103 Å². The average Bonchev–Trinajstić information content (AvgIpc) is 2.79. The number of aryl methyl sites for hydroxylation is 1. The molecule has 0 atom stereocenters. The molecule has 10 heteroatoms. The summed E-state index contributed by atoms with van der Waals surface area (Å²) in [6, 6.07) is 7.27. The Morgan fingerprint density at radius 2 is 2.00 bits per heavy atom. The van der Waals surface area contributed by atoms with Crippen molar-refractivity contribution >= 4 is 28.6 Å². The van der Waals surface area contributed by atoms with E-state index < -0.39 is 6.09 Å². The van der Waals surface area contributed by atoms with Crippen LogP contribution in [0.3, 0.4) is 0 Å². The van der Waals surface area contributed by atoms with Crippen molar-refractivity contribution in [3.05, 3.63) is 58.1 Å². The van der Waals surface area contributed by atoms with E-state index in [-0.39, 0.29) is 11.4 Å². The number of halogens is 1. The van der Waals surface area contributed by atoms with E-state index >= 15 is 0 Å². The second-order valence-corrected chi connectivity index (χ2v) is 7.41. The number of nitrogens with zero attached hydrogens (tertiary/aromatic N) is 4. The minimum atomic E-state index is -1.20. The highest BCUT2D eigenvalue weighted by Crippen LogP contribution is 2.19. The number of pyridine rings is 3. The fourth-order valence-electron chi connectivity index (χ4n) is 3.71. The second-order valence-electron chi connectivity index (χ2n) is 7.41. The predicted molar refractivity (Wildman–Crippen MR) is 115 cm³/mol. The Balaban J connectivity index is 1.36. The minimum absolute atomic E-state index is 0.0565. The van der Waals surface area contributed by atoms with E-state index in [1.807, 2.05) is 31.3 Å². The van der Waals surface area contributed by atoms with E-state index in [1.54, 1.807) is 12.3 Å². The van der Waals surface area contributed by atoms with Gasteiger partial charge in [-0.25, -0.2) is 14.7 Å². The normalized spacial score (nSPS) is 14.6. The number of nitrogens with one attached hydrogen (secondary N) is 2. The Labute approximate surface area is 177 Å². The number of amides is 1. The molecular formula is C21H23FN6O3. The first-order chi connectivity index (χ1) is 15.1. The van der Waals surface area contributed by atoms with Gasteiger partial charge in [0.2, 0.25) is 0 Å². The maximum Gasteiger partial charge on any atom is 0.450 e. The minimum Gasteiger partial charge on any atom is -0.368 e. The van der Waals surface area contributed by atoms with Crippen molar-refractivity contribution < 1.29 is 14.3 Å². The summed E-state index contributed by atoms with van der Waals surface area (Å²) >= 11 is 0. The van der Waals surface area contributed by atoms with Crippen LogP contribution in [0.15, 0.2) is 41.5 Å². The monoisotopic (exact) mass is 426 g/mol. The standard InChI is InChI=1S/C21H23FN6O3/c1-2-15-10-17-18(25-20(15)29)9-14(11-23-17)13-27-5-7-28(8-6-27)16-3-4-19(24-12-16)26-21(30)31-22/h3-4,9-12H,2,5-8,13H2,1H3,(H,25,29)(H,24,26,30). The van der Waals surface area contributed by atoms with Crippen LogP contribution >= 0.6 is 0 Å². The van der Waals surface area contributed by atoms with Crippen LogP contribution in [-0.4, -0.2) is 52.1 Å². The van der Waals surface area contributed by atoms with Crippen molar-refractivity contribution in [1.29, 1.82) is 0 Å². The zero-order chi connectivity index (χ0) is 21.8. The molecule has 9 nitrogen and oxygen atoms in total. The Kier molecular flexibility index (Phi) is 6.08. The summed E-state index contributed by atoms with van der Waals surface area (Å²) < 4.78 is 11.8. The molecule has 0 aromatic carbocycles. The second kappa shape index (κ2) is 9.09. The van der Waals surface area contributed by atoms with Crippen molar-refractivity contribution in [3.8, 4) is 0 Å². The largest absolute Gasteiger partial charge is 0.450 e. The molecule has 1 aliphatic heterocycles. The Morgan fingerprint density at radius 3 is 2.68 bits per heavy atom. The van der Waals surface area contributed by atoms with Gasteiger partial charge in [-0.1, -0.05) is 6.92 Å². The van der Waals surface area contributed by atoms with E-state index in [2.05, 4.69) is 35.0 Å². The van der Waals surface area contributed by atoms with Gasteiger partial charge in [-0.05, 0) is 36.2 Å². The SMILES string of the molecule is CCc1cc2ncc(CN3CCN(c4ccc(NC(=O)OF)nc4)CC3)cc2[nH]c1=O. The number of rotatable bonds is 5. The van der Waals surface area contributed by atoms with Crippen molar-refractivity contribution in [2.75, 3.05) is 36.4 Å². The van der Waals surface area contributed by atoms with Crippen LogP contribution in [0.2, 0.25) is 0 Å². The molecule has 2 N–H and O–H groups in total. The Hall–Kier alpha value is -3.53. The molecular weight excluding hydrogens is 403 g/mol. The summed E-state index contributed by atoms with van der Waals surface area (Å²) in [5.74, 6) is 0.220. The number of hydrogen-bond acceptors (Lipinski definition) is 7. The van der Waals surface area contributed by atoms with Crippen molar-refractivity contribution in [1.82, 2.24) is 19.9 Å². The number of fused-ring (bicyclic) bond motifs is 1. The van der Waals surface area contributed by atoms with Crippen LogP contribution in [0.25, 0.3) is 11.0 Å². The van der Waals surface area contributed by atoms with Crippen molar-refractivity contribution in [2.24, 2.45) is 0 Å². The van der Waals surface area contributed by atoms with Crippen LogP contribution in [0, 0.1) is 0 Å².